The molecule has 0 radical (unpaired) electrons. The Kier molecular flexibility index (Phi) is 6.16. The first-order chi connectivity index (χ1) is 11.5. The smallest absolute Gasteiger partial charge is 0.315 e. The highest BCUT2D eigenvalue weighted by molar-refractivity contribution is 6.30. The topological polar surface area (TPSA) is 106 Å². The molecule has 4 N–H and O–H groups in total. The van der Waals surface area contributed by atoms with E-state index in [0.29, 0.717) is 23.3 Å². The van der Waals surface area contributed by atoms with Crippen LogP contribution in [-0.4, -0.2) is 28.3 Å². The van der Waals surface area contributed by atoms with Gasteiger partial charge in [-0.05, 0) is 37.1 Å². The first-order valence-electron chi connectivity index (χ1n) is 7.85. The van der Waals surface area contributed by atoms with Crippen molar-refractivity contribution in [2.75, 3.05) is 6.54 Å². The van der Waals surface area contributed by atoms with Crippen molar-refractivity contribution in [1.29, 1.82) is 0 Å². The van der Waals surface area contributed by atoms with Crippen LogP contribution in [0.3, 0.4) is 0 Å². The number of hydrogen-bond donors (Lipinski definition) is 3. The second-order valence-corrected chi connectivity index (χ2v) is 6.06. The maximum absolute atomic E-state index is 11.8. The zero-order valence-corrected chi connectivity index (χ0v) is 14.6. The normalized spacial score (nSPS) is 11.3. The summed E-state index contributed by atoms with van der Waals surface area (Å²) in [5.74, 6) is 0.766. The van der Waals surface area contributed by atoms with E-state index in [9.17, 15) is 4.79 Å². The van der Waals surface area contributed by atoms with Crippen LogP contribution in [0.5, 0.6) is 0 Å². The van der Waals surface area contributed by atoms with Gasteiger partial charge in [0.15, 0.2) is 0 Å². The van der Waals surface area contributed by atoms with Crippen molar-refractivity contribution >= 4 is 17.6 Å². The van der Waals surface area contributed by atoms with Gasteiger partial charge >= 0.3 is 6.03 Å². The number of urea groups is 1. The van der Waals surface area contributed by atoms with Gasteiger partial charge in [0.1, 0.15) is 0 Å². The van der Waals surface area contributed by atoms with E-state index in [0.717, 1.165) is 18.4 Å². The quantitative estimate of drug-likeness (QED) is 0.711. The molecule has 1 aromatic heterocycles. The maximum atomic E-state index is 11.8. The van der Waals surface area contributed by atoms with Crippen molar-refractivity contribution in [3.8, 4) is 11.4 Å². The van der Waals surface area contributed by atoms with Gasteiger partial charge in [-0.2, -0.15) is 4.98 Å². The Labute approximate surface area is 145 Å². The van der Waals surface area contributed by atoms with Crippen molar-refractivity contribution in [3.05, 3.63) is 35.2 Å². The highest BCUT2D eigenvalue weighted by Crippen LogP contribution is 2.18. The highest BCUT2D eigenvalue weighted by Gasteiger charge is 2.20. The lowest BCUT2D eigenvalue weighted by Crippen LogP contribution is -2.51. The summed E-state index contributed by atoms with van der Waals surface area (Å²) in [5.41, 5.74) is 6.54. The van der Waals surface area contributed by atoms with Crippen LogP contribution in [0.25, 0.3) is 11.4 Å². The van der Waals surface area contributed by atoms with Gasteiger partial charge in [0, 0.05) is 22.7 Å². The van der Waals surface area contributed by atoms with Crippen LogP contribution in [0.1, 0.15) is 32.6 Å². The fourth-order valence-corrected chi connectivity index (χ4v) is 2.14. The fourth-order valence-electron chi connectivity index (χ4n) is 2.02. The lowest BCUT2D eigenvalue weighted by Gasteiger charge is -2.26. The Bertz CT molecular complexity index is 667. The average Bonchev–Trinajstić information content (AvgIpc) is 3.07. The molecular formula is C16H22ClN5O2. The third-order valence-electron chi connectivity index (χ3n) is 3.98. The molecule has 0 saturated heterocycles. The van der Waals surface area contributed by atoms with Gasteiger partial charge in [0.2, 0.25) is 11.7 Å². The van der Waals surface area contributed by atoms with E-state index in [1.54, 1.807) is 24.3 Å². The molecule has 2 rings (SSSR count). The summed E-state index contributed by atoms with van der Waals surface area (Å²) in [6.07, 6.45) is 1.58. The molecule has 0 aliphatic carbocycles. The molecule has 2 aromatic rings. The third kappa shape index (κ3) is 4.94. The van der Waals surface area contributed by atoms with E-state index >= 15 is 0 Å². The minimum Gasteiger partial charge on any atom is -0.337 e. The Morgan fingerprint density at radius 1 is 1.25 bits per heavy atom. The van der Waals surface area contributed by atoms with E-state index in [1.165, 1.54) is 0 Å². The summed E-state index contributed by atoms with van der Waals surface area (Å²) >= 11 is 5.84. The Morgan fingerprint density at radius 3 is 2.54 bits per heavy atom. The van der Waals surface area contributed by atoms with Crippen LogP contribution in [-0.2, 0) is 6.54 Å². The molecule has 0 atom stereocenters. The van der Waals surface area contributed by atoms with Crippen molar-refractivity contribution in [1.82, 2.24) is 20.8 Å². The number of nitrogens with zero attached hydrogens (tertiary/aromatic N) is 2. The number of carbonyl (C=O) groups is 1. The van der Waals surface area contributed by atoms with Gasteiger partial charge in [0.05, 0.1) is 6.54 Å². The number of hydrogen-bond acceptors (Lipinski definition) is 5. The van der Waals surface area contributed by atoms with Gasteiger partial charge in [0.25, 0.3) is 0 Å². The number of benzene rings is 1. The monoisotopic (exact) mass is 351 g/mol. The summed E-state index contributed by atoms with van der Waals surface area (Å²) in [6.45, 7) is 4.55. The Morgan fingerprint density at radius 2 is 1.92 bits per heavy atom. The molecule has 0 saturated carbocycles. The zero-order valence-electron chi connectivity index (χ0n) is 13.8. The lowest BCUT2D eigenvalue weighted by atomic mass is 9.94. The second-order valence-electron chi connectivity index (χ2n) is 5.62. The van der Waals surface area contributed by atoms with E-state index in [2.05, 4.69) is 20.8 Å². The molecule has 1 aromatic carbocycles. The number of halogens is 1. The highest BCUT2D eigenvalue weighted by atomic mass is 35.5. The van der Waals surface area contributed by atoms with Crippen LogP contribution in [0, 0.1) is 0 Å². The second kappa shape index (κ2) is 8.12. The molecule has 0 aliphatic heterocycles. The minimum atomic E-state index is -0.385. The summed E-state index contributed by atoms with van der Waals surface area (Å²) in [7, 11) is 0. The number of rotatable bonds is 7. The van der Waals surface area contributed by atoms with Crippen LogP contribution in [0.15, 0.2) is 28.8 Å². The Balaban J connectivity index is 1.84. The molecule has 8 heteroatoms. The summed E-state index contributed by atoms with van der Waals surface area (Å²) in [5, 5.41) is 9.95. The molecule has 0 bridgehead atoms. The molecule has 24 heavy (non-hydrogen) atoms. The zero-order chi connectivity index (χ0) is 17.6. The molecule has 0 unspecified atom stereocenters. The van der Waals surface area contributed by atoms with E-state index < -0.39 is 0 Å². The third-order valence-corrected chi connectivity index (χ3v) is 4.23. The molecule has 0 aliphatic rings. The summed E-state index contributed by atoms with van der Waals surface area (Å²) in [6, 6.07) is 6.78. The fraction of sp³-hybridized carbons (Fsp3) is 0.438. The van der Waals surface area contributed by atoms with Crippen LogP contribution in [0.2, 0.25) is 5.02 Å². The first-order valence-corrected chi connectivity index (χ1v) is 8.22. The van der Waals surface area contributed by atoms with Crippen LogP contribution >= 0.6 is 11.6 Å². The van der Waals surface area contributed by atoms with Gasteiger partial charge in [-0.15, -0.1) is 0 Å². The molecular weight excluding hydrogens is 330 g/mol. The molecule has 2 amide bonds. The van der Waals surface area contributed by atoms with Gasteiger partial charge in [-0.1, -0.05) is 30.6 Å². The van der Waals surface area contributed by atoms with E-state index in [-0.39, 0.29) is 18.1 Å². The minimum absolute atomic E-state index is 0.141. The van der Waals surface area contributed by atoms with E-state index in [1.807, 2.05) is 13.8 Å². The SMILES string of the molecule is CCC(N)(CC)CNC(=O)NCc1nc(-c2ccc(Cl)cc2)no1. The molecule has 0 spiro atoms. The number of nitrogens with two attached hydrogens (primary N) is 1. The maximum Gasteiger partial charge on any atom is 0.315 e. The van der Waals surface area contributed by atoms with Crippen molar-refractivity contribution < 1.29 is 9.32 Å². The number of amides is 2. The average molecular weight is 352 g/mol. The number of aromatic nitrogens is 2. The number of carbonyl (C=O) groups excluding carboxylic acids is 1. The largest absolute Gasteiger partial charge is 0.337 e. The van der Waals surface area contributed by atoms with Gasteiger partial charge < -0.3 is 20.9 Å². The van der Waals surface area contributed by atoms with Crippen molar-refractivity contribution in [2.45, 2.75) is 38.8 Å². The van der Waals surface area contributed by atoms with E-state index in [4.69, 9.17) is 21.9 Å². The predicted molar refractivity (Wildman–Crippen MR) is 92.5 cm³/mol. The number of nitrogens with one attached hydrogen (secondary N) is 2. The van der Waals surface area contributed by atoms with Crippen LogP contribution in [0.4, 0.5) is 4.79 Å². The lowest BCUT2D eigenvalue weighted by molar-refractivity contribution is 0.234. The summed E-state index contributed by atoms with van der Waals surface area (Å²) in [4.78, 5) is 16.1. The Hall–Kier alpha value is -2.12. The molecule has 130 valence electrons. The standard InChI is InChI=1S/C16H22ClN5O2/c1-3-16(18,4-2)10-20-15(23)19-9-13-21-14(22-24-13)11-5-7-12(17)8-6-11/h5-8H,3-4,9-10,18H2,1-2H3,(H2,19,20,23). The van der Waals surface area contributed by atoms with Crippen molar-refractivity contribution in [3.63, 3.8) is 0 Å². The van der Waals surface area contributed by atoms with Crippen LogP contribution < -0.4 is 16.4 Å². The van der Waals surface area contributed by atoms with Gasteiger partial charge in [-0.25, -0.2) is 4.79 Å². The molecule has 0 fully saturated rings. The first kappa shape index (κ1) is 18.2. The van der Waals surface area contributed by atoms with Gasteiger partial charge in [-0.3, -0.25) is 0 Å². The predicted octanol–water partition coefficient (Wildman–Crippen LogP) is 2.71. The molecule has 7 nitrogen and oxygen atoms in total. The van der Waals surface area contributed by atoms with Crippen molar-refractivity contribution in [2.24, 2.45) is 5.73 Å². The molecule has 1 heterocycles. The summed E-state index contributed by atoms with van der Waals surface area (Å²) < 4.78 is 5.13.